The van der Waals surface area contributed by atoms with Crippen LogP contribution in [0.25, 0.3) is 0 Å². The van der Waals surface area contributed by atoms with Gasteiger partial charge in [-0.05, 0) is 37.1 Å². The number of nitrogens with one attached hydrogen (secondary N) is 2. The van der Waals surface area contributed by atoms with Gasteiger partial charge >= 0.3 is 6.03 Å². The largest absolute Gasteiger partial charge is 0.495 e. The van der Waals surface area contributed by atoms with E-state index in [-0.39, 0.29) is 6.03 Å². The van der Waals surface area contributed by atoms with Gasteiger partial charge in [0, 0.05) is 5.69 Å². The first kappa shape index (κ1) is 13.9. The molecule has 0 spiro atoms. The fraction of sp³-hybridized carbons (Fsp3) is 0.188. The second-order valence-electron chi connectivity index (χ2n) is 4.55. The molecule has 2 aromatic carbocycles. The molecule has 0 aliphatic rings. The number of urea groups is 1. The molecule has 104 valence electrons. The van der Waals surface area contributed by atoms with Crippen molar-refractivity contribution in [1.29, 1.82) is 0 Å². The quantitative estimate of drug-likeness (QED) is 0.887. The SMILES string of the molecule is COc1ccccc1NC(=O)Nc1c(C)cccc1C. The van der Waals surface area contributed by atoms with Gasteiger partial charge in [0.15, 0.2) is 0 Å². The van der Waals surface area contributed by atoms with Gasteiger partial charge in [0.25, 0.3) is 0 Å². The van der Waals surface area contributed by atoms with Crippen LogP contribution in [0, 0.1) is 13.8 Å². The number of carbonyl (C=O) groups excluding carboxylic acids is 1. The normalized spacial score (nSPS) is 9.95. The van der Waals surface area contributed by atoms with E-state index in [2.05, 4.69) is 10.6 Å². The van der Waals surface area contributed by atoms with Crippen LogP contribution in [0.4, 0.5) is 16.2 Å². The summed E-state index contributed by atoms with van der Waals surface area (Å²) in [6.07, 6.45) is 0. The fourth-order valence-electron chi connectivity index (χ4n) is 2.03. The molecule has 0 aliphatic heterocycles. The number of hydrogen-bond donors (Lipinski definition) is 2. The monoisotopic (exact) mass is 270 g/mol. The van der Waals surface area contributed by atoms with Crippen LogP contribution >= 0.6 is 0 Å². The van der Waals surface area contributed by atoms with Gasteiger partial charge in [-0.2, -0.15) is 0 Å². The van der Waals surface area contributed by atoms with E-state index in [0.29, 0.717) is 11.4 Å². The average molecular weight is 270 g/mol. The van der Waals surface area contributed by atoms with Crippen molar-refractivity contribution in [2.45, 2.75) is 13.8 Å². The predicted molar refractivity (Wildman–Crippen MR) is 81.6 cm³/mol. The zero-order valence-electron chi connectivity index (χ0n) is 11.9. The van der Waals surface area contributed by atoms with Crippen molar-refractivity contribution in [3.63, 3.8) is 0 Å². The average Bonchev–Trinajstić information content (AvgIpc) is 2.44. The fourth-order valence-corrected chi connectivity index (χ4v) is 2.03. The summed E-state index contributed by atoms with van der Waals surface area (Å²) in [7, 11) is 1.57. The van der Waals surface area contributed by atoms with Gasteiger partial charge in [-0.25, -0.2) is 4.79 Å². The Morgan fingerprint density at radius 1 is 0.950 bits per heavy atom. The number of rotatable bonds is 3. The van der Waals surface area contributed by atoms with Gasteiger partial charge in [0.1, 0.15) is 5.75 Å². The zero-order chi connectivity index (χ0) is 14.5. The van der Waals surface area contributed by atoms with Gasteiger partial charge in [0.05, 0.1) is 12.8 Å². The lowest BCUT2D eigenvalue weighted by atomic mass is 10.1. The number of aryl methyl sites for hydroxylation is 2. The molecule has 0 heterocycles. The first-order chi connectivity index (χ1) is 9.61. The first-order valence-electron chi connectivity index (χ1n) is 6.39. The number of anilines is 2. The lowest BCUT2D eigenvalue weighted by molar-refractivity contribution is 0.262. The minimum atomic E-state index is -0.285. The van der Waals surface area contributed by atoms with Crippen molar-refractivity contribution in [2.75, 3.05) is 17.7 Å². The second kappa shape index (κ2) is 6.10. The number of methoxy groups -OCH3 is 1. The molecule has 0 unspecified atom stereocenters. The second-order valence-corrected chi connectivity index (χ2v) is 4.55. The van der Waals surface area contributed by atoms with Crippen LogP contribution in [0.1, 0.15) is 11.1 Å². The molecule has 2 N–H and O–H groups in total. The van der Waals surface area contributed by atoms with Crippen molar-refractivity contribution >= 4 is 17.4 Å². The third-order valence-electron chi connectivity index (χ3n) is 3.07. The Kier molecular flexibility index (Phi) is 4.25. The molecular weight excluding hydrogens is 252 g/mol. The Morgan fingerprint density at radius 3 is 2.25 bits per heavy atom. The van der Waals surface area contributed by atoms with Crippen LogP contribution in [0.2, 0.25) is 0 Å². The van der Waals surface area contributed by atoms with E-state index in [9.17, 15) is 4.79 Å². The van der Waals surface area contributed by atoms with E-state index in [1.54, 1.807) is 19.2 Å². The minimum Gasteiger partial charge on any atom is -0.495 e. The summed E-state index contributed by atoms with van der Waals surface area (Å²) >= 11 is 0. The number of ether oxygens (including phenoxy) is 1. The van der Waals surface area contributed by atoms with Crippen LogP contribution in [0.3, 0.4) is 0 Å². The summed E-state index contributed by atoms with van der Waals surface area (Å²) in [5.41, 5.74) is 3.53. The van der Waals surface area contributed by atoms with Crippen LogP contribution in [0.5, 0.6) is 5.75 Å². The molecule has 2 rings (SSSR count). The molecule has 0 radical (unpaired) electrons. The highest BCUT2D eigenvalue weighted by Gasteiger charge is 2.09. The standard InChI is InChI=1S/C16H18N2O2/c1-11-7-6-8-12(2)15(11)18-16(19)17-13-9-4-5-10-14(13)20-3/h4-10H,1-3H3,(H2,17,18,19). The Morgan fingerprint density at radius 2 is 1.60 bits per heavy atom. The molecular formula is C16H18N2O2. The van der Waals surface area contributed by atoms with Crippen molar-refractivity contribution in [3.8, 4) is 5.75 Å². The van der Waals surface area contributed by atoms with E-state index < -0.39 is 0 Å². The van der Waals surface area contributed by atoms with Gasteiger partial charge in [-0.15, -0.1) is 0 Å². The van der Waals surface area contributed by atoms with Gasteiger partial charge < -0.3 is 15.4 Å². The number of para-hydroxylation sites is 3. The van der Waals surface area contributed by atoms with E-state index in [4.69, 9.17) is 4.74 Å². The highest BCUT2D eigenvalue weighted by Crippen LogP contribution is 2.24. The Balaban J connectivity index is 2.13. The van der Waals surface area contributed by atoms with Crippen LogP contribution in [-0.4, -0.2) is 13.1 Å². The molecule has 4 heteroatoms. The van der Waals surface area contributed by atoms with Crippen molar-refractivity contribution in [2.24, 2.45) is 0 Å². The molecule has 2 amide bonds. The highest BCUT2D eigenvalue weighted by atomic mass is 16.5. The molecule has 0 aromatic heterocycles. The number of carbonyl (C=O) groups is 1. The molecule has 0 atom stereocenters. The molecule has 20 heavy (non-hydrogen) atoms. The number of amides is 2. The summed E-state index contributed by atoms with van der Waals surface area (Å²) in [5, 5.41) is 5.66. The summed E-state index contributed by atoms with van der Waals surface area (Å²) in [6, 6.07) is 12.9. The van der Waals surface area contributed by atoms with Crippen LogP contribution in [-0.2, 0) is 0 Å². The smallest absolute Gasteiger partial charge is 0.323 e. The molecule has 0 saturated carbocycles. The lowest BCUT2D eigenvalue weighted by Crippen LogP contribution is -2.20. The van der Waals surface area contributed by atoms with Crippen LogP contribution < -0.4 is 15.4 Å². The zero-order valence-corrected chi connectivity index (χ0v) is 11.9. The third kappa shape index (κ3) is 3.09. The van der Waals surface area contributed by atoms with Gasteiger partial charge in [-0.3, -0.25) is 0 Å². The summed E-state index contributed by atoms with van der Waals surface area (Å²) in [6.45, 7) is 3.93. The summed E-state index contributed by atoms with van der Waals surface area (Å²) in [4.78, 5) is 12.1. The van der Waals surface area contributed by atoms with E-state index in [1.165, 1.54) is 0 Å². The lowest BCUT2D eigenvalue weighted by Gasteiger charge is -2.13. The summed E-state index contributed by atoms with van der Waals surface area (Å²) < 4.78 is 5.20. The molecule has 0 fully saturated rings. The molecule has 0 aliphatic carbocycles. The Hall–Kier alpha value is -2.49. The van der Waals surface area contributed by atoms with E-state index in [0.717, 1.165) is 16.8 Å². The number of benzene rings is 2. The number of hydrogen-bond acceptors (Lipinski definition) is 2. The van der Waals surface area contributed by atoms with Crippen molar-refractivity contribution in [1.82, 2.24) is 0 Å². The predicted octanol–water partition coefficient (Wildman–Crippen LogP) is 3.96. The topological polar surface area (TPSA) is 50.4 Å². The maximum Gasteiger partial charge on any atom is 0.323 e. The van der Waals surface area contributed by atoms with Crippen LogP contribution in [0.15, 0.2) is 42.5 Å². The Bertz CT molecular complexity index is 603. The Labute approximate surface area is 118 Å². The van der Waals surface area contributed by atoms with E-state index >= 15 is 0 Å². The molecule has 2 aromatic rings. The van der Waals surface area contributed by atoms with Gasteiger partial charge in [0.2, 0.25) is 0 Å². The first-order valence-corrected chi connectivity index (χ1v) is 6.39. The van der Waals surface area contributed by atoms with Gasteiger partial charge in [-0.1, -0.05) is 30.3 Å². The molecule has 0 bridgehead atoms. The maximum absolute atomic E-state index is 12.1. The maximum atomic E-state index is 12.1. The van der Waals surface area contributed by atoms with Crippen molar-refractivity contribution in [3.05, 3.63) is 53.6 Å². The van der Waals surface area contributed by atoms with Crippen molar-refractivity contribution < 1.29 is 9.53 Å². The molecule has 4 nitrogen and oxygen atoms in total. The minimum absolute atomic E-state index is 0.285. The summed E-state index contributed by atoms with van der Waals surface area (Å²) in [5.74, 6) is 0.629. The highest BCUT2D eigenvalue weighted by molar-refractivity contribution is 6.01. The third-order valence-corrected chi connectivity index (χ3v) is 3.07. The molecule has 0 saturated heterocycles. The van der Waals surface area contributed by atoms with E-state index in [1.807, 2.05) is 44.2 Å².